The number of urea groups is 1. The number of nitrogens with zero attached hydrogens (tertiary/aromatic N) is 2. The highest BCUT2D eigenvalue weighted by Crippen LogP contribution is 2.21. The second-order valence-electron chi connectivity index (χ2n) is 5.68. The first-order valence-electron chi connectivity index (χ1n) is 6.76. The predicted molar refractivity (Wildman–Crippen MR) is 72.2 cm³/mol. The molecule has 2 aliphatic rings. The van der Waals surface area contributed by atoms with Crippen LogP contribution in [0.1, 0.15) is 19.8 Å². The van der Waals surface area contributed by atoms with Crippen LogP contribution in [0.15, 0.2) is 0 Å². The van der Waals surface area contributed by atoms with Crippen molar-refractivity contribution in [3.05, 3.63) is 0 Å². The predicted octanol–water partition coefficient (Wildman–Crippen LogP) is 0.0219. The number of carbonyl (C=O) groups excluding carboxylic acids is 1. The summed E-state index contributed by atoms with van der Waals surface area (Å²) in [7, 11) is -3.25. The topological polar surface area (TPSA) is 95.0 Å². The van der Waals surface area contributed by atoms with Gasteiger partial charge in [0.2, 0.25) is 0 Å². The van der Waals surface area contributed by atoms with E-state index in [0.717, 1.165) is 6.42 Å². The van der Waals surface area contributed by atoms with E-state index >= 15 is 0 Å². The number of rotatable bonds is 2. The minimum Gasteiger partial charge on any atom is -0.481 e. The number of likely N-dealkylation sites (tertiary alicyclic amines) is 1. The van der Waals surface area contributed by atoms with Gasteiger partial charge in [0.05, 0.1) is 24.0 Å². The molecule has 0 aliphatic carbocycles. The molecule has 0 aromatic heterocycles. The van der Waals surface area contributed by atoms with Crippen LogP contribution in [0, 0.1) is 5.92 Å². The van der Waals surface area contributed by atoms with Crippen molar-refractivity contribution in [1.29, 1.82) is 0 Å². The third kappa shape index (κ3) is 3.41. The summed E-state index contributed by atoms with van der Waals surface area (Å²) in [6, 6.07) is -0.981. The number of hydrogen-bond acceptors (Lipinski definition) is 4. The maximum Gasteiger partial charge on any atom is 0.320 e. The first-order valence-corrected chi connectivity index (χ1v) is 8.58. The third-order valence-corrected chi connectivity index (χ3v) is 5.58. The lowest BCUT2D eigenvalue weighted by atomic mass is 10.2. The molecule has 2 heterocycles. The van der Waals surface area contributed by atoms with E-state index in [1.54, 1.807) is 4.90 Å². The van der Waals surface area contributed by atoms with E-state index in [4.69, 9.17) is 5.11 Å². The fourth-order valence-electron chi connectivity index (χ4n) is 2.80. The zero-order valence-corrected chi connectivity index (χ0v) is 12.3. The summed E-state index contributed by atoms with van der Waals surface area (Å²) in [5.74, 6) is -0.989. The van der Waals surface area contributed by atoms with Gasteiger partial charge in [-0.3, -0.25) is 4.79 Å². The van der Waals surface area contributed by atoms with E-state index in [9.17, 15) is 18.0 Å². The lowest BCUT2D eigenvalue weighted by Crippen LogP contribution is -2.55. The Labute approximate surface area is 118 Å². The van der Waals surface area contributed by atoms with Crippen LogP contribution >= 0.6 is 0 Å². The lowest BCUT2D eigenvalue weighted by molar-refractivity contribution is -0.138. The maximum atomic E-state index is 12.4. The molecule has 8 heteroatoms. The number of carboxylic acids is 1. The number of sulfone groups is 1. The Morgan fingerprint density at radius 2 is 2.00 bits per heavy atom. The van der Waals surface area contributed by atoms with Crippen LogP contribution in [0.2, 0.25) is 0 Å². The SMILES string of the molecule is CC1CCN(C(=O)N2CCS(=O)(=O)CC2CC(=O)O)C1. The van der Waals surface area contributed by atoms with E-state index in [1.165, 1.54) is 4.90 Å². The van der Waals surface area contributed by atoms with Crippen molar-refractivity contribution < 1.29 is 23.1 Å². The second-order valence-corrected chi connectivity index (χ2v) is 7.91. The van der Waals surface area contributed by atoms with Gasteiger partial charge in [0.25, 0.3) is 0 Å². The van der Waals surface area contributed by atoms with Gasteiger partial charge in [0.15, 0.2) is 9.84 Å². The largest absolute Gasteiger partial charge is 0.481 e. The molecule has 2 fully saturated rings. The highest BCUT2D eigenvalue weighted by Gasteiger charge is 2.38. The summed E-state index contributed by atoms with van der Waals surface area (Å²) in [4.78, 5) is 26.4. The zero-order chi connectivity index (χ0) is 14.9. The molecule has 0 saturated carbocycles. The maximum absolute atomic E-state index is 12.4. The fraction of sp³-hybridized carbons (Fsp3) is 0.833. The number of carbonyl (C=O) groups is 2. The molecule has 2 atom stereocenters. The molecule has 114 valence electrons. The van der Waals surface area contributed by atoms with Gasteiger partial charge in [-0.05, 0) is 12.3 Å². The standard InChI is InChI=1S/C12H20N2O5S/c1-9-2-3-13(7-9)12(17)14-4-5-20(18,19)8-10(14)6-11(15)16/h9-10H,2-8H2,1H3,(H,15,16). The summed E-state index contributed by atoms with van der Waals surface area (Å²) in [6.07, 6.45) is 0.607. The Morgan fingerprint density at radius 3 is 2.55 bits per heavy atom. The molecule has 2 amide bonds. The van der Waals surface area contributed by atoms with Crippen molar-refractivity contribution in [2.75, 3.05) is 31.1 Å². The van der Waals surface area contributed by atoms with Crippen LogP contribution < -0.4 is 0 Å². The number of amides is 2. The lowest BCUT2D eigenvalue weighted by Gasteiger charge is -2.37. The van der Waals surface area contributed by atoms with E-state index < -0.39 is 21.8 Å². The zero-order valence-electron chi connectivity index (χ0n) is 11.5. The molecule has 1 N–H and O–H groups in total. The molecule has 0 aromatic rings. The van der Waals surface area contributed by atoms with Gasteiger partial charge < -0.3 is 14.9 Å². The average molecular weight is 304 g/mol. The molecule has 20 heavy (non-hydrogen) atoms. The highest BCUT2D eigenvalue weighted by molar-refractivity contribution is 7.91. The van der Waals surface area contributed by atoms with Gasteiger partial charge in [0.1, 0.15) is 0 Å². The average Bonchev–Trinajstić information content (AvgIpc) is 2.73. The summed E-state index contributed by atoms with van der Waals surface area (Å²) < 4.78 is 23.3. The van der Waals surface area contributed by atoms with Gasteiger partial charge in [-0.15, -0.1) is 0 Å². The van der Waals surface area contributed by atoms with Gasteiger partial charge in [-0.25, -0.2) is 13.2 Å². The molecule has 2 saturated heterocycles. The van der Waals surface area contributed by atoms with E-state index in [0.29, 0.717) is 19.0 Å². The highest BCUT2D eigenvalue weighted by atomic mass is 32.2. The molecule has 0 radical (unpaired) electrons. The fourth-order valence-corrected chi connectivity index (χ4v) is 4.32. The molecule has 0 spiro atoms. The van der Waals surface area contributed by atoms with Gasteiger partial charge in [0, 0.05) is 19.6 Å². The monoisotopic (exact) mass is 304 g/mol. The second kappa shape index (κ2) is 5.59. The minimum atomic E-state index is -3.25. The molecule has 2 unspecified atom stereocenters. The summed E-state index contributed by atoms with van der Waals surface area (Å²) in [5, 5.41) is 8.90. The van der Waals surface area contributed by atoms with Gasteiger partial charge in [-0.1, -0.05) is 6.92 Å². The van der Waals surface area contributed by atoms with Crippen molar-refractivity contribution in [2.45, 2.75) is 25.8 Å². The molecule has 2 rings (SSSR count). The van der Waals surface area contributed by atoms with Crippen LogP contribution in [-0.2, 0) is 14.6 Å². The number of hydrogen-bond donors (Lipinski definition) is 1. The van der Waals surface area contributed by atoms with Crippen LogP contribution in [-0.4, -0.2) is 72.5 Å². The van der Waals surface area contributed by atoms with Crippen LogP contribution in [0.5, 0.6) is 0 Å². The smallest absolute Gasteiger partial charge is 0.320 e. The first-order chi connectivity index (χ1) is 9.28. The molecule has 2 aliphatic heterocycles. The first kappa shape index (κ1) is 15.1. The third-order valence-electron chi connectivity index (χ3n) is 3.88. The molecular formula is C12H20N2O5S. The summed E-state index contributed by atoms with van der Waals surface area (Å²) >= 11 is 0. The molecule has 0 aromatic carbocycles. The van der Waals surface area contributed by atoms with Gasteiger partial charge in [-0.2, -0.15) is 0 Å². The van der Waals surface area contributed by atoms with Crippen LogP contribution in [0.25, 0.3) is 0 Å². The number of carboxylic acid groups (broad SMARTS) is 1. The minimum absolute atomic E-state index is 0.0851. The van der Waals surface area contributed by atoms with E-state index in [1.807, 2.05) is 0 Å². The van der Waals surface area contributed by atoms with Crippen molar-refractivity contribution in [3.63, 3.8) is 0 Å². The normalized spacial score (nSPS) is 29.4. The van der Waals surface area contributed by atoms with Crippen molar-refractivity contribution in [3.8, 4) is 0 Å². The van der Waals surface area contributed by atoms with Crippen LogP contribution in [0.4, 0.5) is 4.79 Å². The summed E-state index contributed by atoms with van der Waals surface area (Å²) in [5.41, 5.74) is 0. The Balaban J connectivity index is 2.11. The van der Waals surface area contributed by atoms with E-state index in [-0.39, 0.29) is 30.5 Å². The van der Waals surface area contributed by atoms with Gasteiger partial charge >= 0.3 is 12.0 Å². The van der Waals surface area contributed by atoms with Crippen molar-refractivity contribution >= 4 is 21.8 Å². The molecule has 0 bridgehead atoms. The Kier molecular flexibility index (Phi) is 4.22. The number of aliphatic carboxylic acids is 1. The van der Waals surface area contributed by atoms with Crippen molar-refractivity contribution in [2.24, 2.45) is 5.92 Å². The Morgan fingerprint density at radius 1 is 1.30 bits per heavy atom. The molecular weight excluding hydrogens is 284 g/mol. The Bertz CT molecular complexity index is 504. The molecule has 7 nitrogen and oxygen atoms in total. The summed E-state index contributed by atoms with van der Waals surface area (Å²) in [6.45, 7) is 3.46. The Hall–Kier alpha value is -1.31. The quantitative estimate of drug-likeness (QED) is 0.776. The van der Waals surface area contributed by atoms with E-state index in [2.05, 4.69) is 6.92 Å². The van der Waals surface area contributed by atoms with Crippen LogP contribution in [0.3, 0.4) is 0 Å². The van der Waals surface area contributed by atoms with Crippen molar-refractivity contribution in [1.82, 2.24) is 9.80 Å².